The summed E-state index contributed by atoms with van der Waals surface area (Å²) in [4.78, 5) is 12.2. The number of nitrogens with zero attached hydrogens (tertiary/aromatic N) is 1. The third kappa shape index (κ3) is 2.72. The molecule has 11 heavy (non-hydrogen) atoms. The highest BCUT2D eigenvalue weighted by Crippen LogP contribution is 2.14. The fourth-order valence-corrected chi connectivity index (χ4v) is 1.41. The maximum Gasteiger partial charge on any atom is 0.316 e. The molecule has 4 heteroatoms. The minimum Gasteiger partial charge on any atom is -0.324 e. The summed E-state index contributed by atoms with van der Waals surface area (Å²) in [6, 6.07) is 0. The summed E-state index contributed by atoms with van der Waals surface area (Å²) in [6.07, 6.45) is 3.80. The van der Waals surface area contributed by atoms with Crippen LogP contribution in [0.3, 0.4) is 0 Å². The Labute approximate surface area is 75.8 Å². The van der Waals surface area contributed by atoms with Crippen molar-refractivity contribution in [3.05, 3.63) is 11.1 Å². The molecular weight excluding hydrogens is 185 g/mol. The molecule has 0 aromatic rings. The van der Waals surface area contributed by atoms with Crippen molar-refractivity contribution in [1.29, 1.82) is 0 Å². The Morgan fingerprint density at radius 3 is 3.00 bits per heavy atom. The van der Waals surface area contributed by atoms with E-state index in [1.807, 2.05) is 6.08 Å². The minimum atomic E-state index is -0.418. The fourth-order valence-electron chi connectivity index (χ4n) is 1.02. The quantitative estimate of drug-likeness (QED) is 0.428. The van der Waals surface area contributed by atoms with Crippen molar-refractivity contribution < 1.29 is 4.79 Å². The first kappa shape index (κ1) is 8.88. The highest BCUT2D eigenvalue weighted by Gasteiger charge is 2.13. The van der Waals surface area contributed by atoms with Crippen LogP contribution in [0.15, 0.2) is 11.1 Å². The van der Waals surface area contributed by atoms with Gasteiger partial charge in [0.1, 0.15) is 0 Å². The van der Waals surface area contributed by atoms with Crippen LogP contribution < -0.4 is 0 Å². The Hall–Kier alpha value is -0.210. The second-order valence-corrected chi connectivity index (χ2v) is 3.28. The summed E-state index contributed by atoms with van der Waals surface area (Å²) >= 11 is 11.1. The van der Waals surface area contributed by atoms with E-state index in [0.717, 1.165) is 12.8 Å². The van der Waals surface area contributed by atoms with Crippen LogP contribution >= 0.6 is 23.2 Å². The molecule has 0 saturated carbocycles. The van der Waals surface area contributed by atoms with E-state index in [-0.39, 0.29) is 0 Å². The van der Waals surface area contributed by atoms with Crippen molar-refractivity contribution in [3.63, 3.8) is 0 Å². The third-order valence-corrected chi connectivity index (χ3v) is 2.10. The summed E-state index contributed by atoms with van der Waals surface area (Å²) in [7, 11) is 0. The third-order valence-electron chi connectivity index (χ3n) is 1.59. The maximum atomic E-state index is 10.7. The van der Waals surface area contributed by atoms with Gasteiger partial charge in [0.15, 0.2) is 0 Å². The van der Waals surface area contributed by atoms with Gasteiger partial charge < -0.3 is 4.90 Å². The average Bonchev–Trinajstić information content (AvgIpc) is 2.13. The van der Waals surface area contributed by atoms with Gasteiger partial charge in [0, 0.05) is 11.6 Å². The van der Waals surface area contributed by atoms with Gasteiger partial charge in [0.05, 0.1) is 6.54 Å². The molecule has 1 aliphatic heterocycles. The maximum absolute atomic E-state index is 10.7. The van der Waals surface area contributed by atoms with Crippen LogP contribution in [0.2, 0.25) is 0 Å². The SMILES string of the molecule is O=C(Cl)N1CCCC=C(Cl)C1. The average molecular weight is 194 g/mol. The van der Waals surface area contributed by atoms with E-state index < -0.39 is 5.37 Å². The topological polar surface area (TPSA) is 20.3 Å². The Morgan fingerprint density at radius 2 is 2.36 bits per heavy atom. The van der Waals surface area contributed by atoms with Crippen molar-refractivity contribution in [1.82, 2.24) is 4.90 Å². The molecule has 1 amide bonds. The fraction of sp³-hybridized carbons (Fsp3) is 0.571. The second-order valence-electron chi connectivity index (χ2n) is 2.47. The standard InChI is InChI=1S/C7H9Cl2NO/c8-6-3-1-2-4-10(5-6)7(9)11/h3H,1-2,4-5H2. The summed E-state index contributed by atoms with van der Waals surface area (Å²) in [5.41, 5.74) is 0. The monoisotopic (exact) mass is 193 g/mol. The molecule has 62 valence electrons. The van der Waals surface area contributed by atoms with Crippen LogP contribution in [0.25, 0.3) is 0 Å². The highest BCUT2D eigenvalue weighted by atomic mass is 35.5. The van der Waals surface area contributed by atoms with Crippen molar-refractivity contribution >= 4 is 28.6 Å². The number of rotatable bonds is 0. The number of allylic oxidation sites excluding steroid dienone is 1. The molecule has 0 aromatic carbocycles. The van der Waals surface area contributed by atoms with Gasteiger partial charge in [-0.05, 0) is 24.4 Å². The lowest BCUT2D eigenvalue weighted by atomic mass is 10.3. The molecule has 0 aromatic heterocycles. The first-order chi connectivity index (χ1) is 5.20. The van der Waals surface area contributed by atoms with Gasteiger partial charge in [0.2, 0.25) is 0 Å². The number of carbonyl (C=O) groups excluding carboxylic acids is 1. The van der Waals surface area contributed by atoms with Gasteiger partial charge in [0.25, 0.3) is 0 Å². The Kier molecular flexibility index (Phi) is 3.21. The van der Waals surface area contributed by atoms with Crippen LogP contribution in [-0.2, 0) is 0 Å². The van der Waals surface area contributed by atoms with Crippen molar-refractivity contribution in [3.8, 4) is 0 Å². The van der Waals surface area contributed by atoms with Crippen LogP contribution in [-0.4, -0.2) is 23.4 Å². The van der Waals surface area contributed by atoms with Crippen LogP contribution in [0.1, 0.15) is 12.8 Å². The van der Waals surface area contributed by atoms with E-state index in [4.69, 9.17) is 23.2 Å². The molecule has 1 aliphatic rings. The molecule has 0 unspecified atom stereocenters. The van der Waals surface area contributed by atoms with Crippen molar-refractivity contribution in [2.24, 2.45) is 0 Å². The highest BCUT2D eigenvalue weighted by molar-refractivity contribution is 6.62. The van der Waals surface area contributed by atoms with Crippen molar-refractivity contribution in [2.75, 3.05) is 13.1 Å². The molecule has 2 nitrogen and oxygen atoms in total. The summed E-state index contributed by atoms with van der Waals surface area (Å²) < 4.78 is 0. The molecule has 1 rings (SSSR count). The number of carbonyl (C=O) groups is 1. The molecule has 0 spiro atoms. The predicted molar refractivity (Wildman–Crippen MR) is 46.0 cm³/mol. The molecule has 0 aliphatic carbocycles. The van der Waals surface area contributed by atoms with E-state index in [1.165, 1.54) is 4.90 Å². The van der Waals surface area contributed by atoms with Crippen LogP contribution in [0.5, 0.6) is 0 Å². The normalized spacial score (nSPS) is 19.1. The zero-order valence-corrected chi connectivity index (χ0v) is 7.53. The Bertz CT molecular complexity index is 191. The molecule has 1 heterocycles. The van der Waals surface area contributed by atoms with E-state index in [1.54, 1.807) is 0 Å². The van der Waals surface area contributed by atoms with Crippen LogP contribution in [0, 0.1) is 0 Å². The van der Waals surface area contributed by atoms with E-state index >= 15 is 0 Å². The number of amides is 1. The van der Waals surface area contributed by atoms with Gasteiger partial charge in [-0.1, -0.05) is 17.7 Å². The van der Waals surface area contributed by atoms with Gasteiger partial charge >= 0.3 is 5.37 Å². The Balaban J connectivity index is 2.56. The van der Waals surface area contributed by atoms with E-state index in [9.17, 15) is 4.79 Å². The smallest absolute Gasteiger partial charge is 0.316 e. The van der Waals surface area contributed by atoms with E-state index in [0.29, 0.717) is 18.1 Å². The lowest BCUT2D eigenvalue weighted by Gasteiger charge is -2.15. The van der Waals surface area contributed by atoms with Gasteiger partial charge in [-0.25, -0.2) is 0 Å². The summed E-state index contributed by atoms with van der Waals surface area (Å²) in [6.45, 7) is 1.17. The minimum absolute atomic E-state index is 0.418. The lowest BCUT2D eigenvalue weighted by molar-refractivity contribution is 0.227. The molecule has 0 radical (unpaired) electrons. The van der Waals surface area contributed by atoms with E-state index in [2.05, 4.69) is 0 Å². The molecule has 0 bridgehead atoms. The summed E-state index contributed by atoms with van der Waals surface area (Å²) in [5.74, 6) is 0. The predicted octanol–water partition coefficient (Wildman–Crippen LogP) is 2.56. The first-order valence-corrected chi connectivity index (χ1v) is 4.24. The zero-order valence-electron chi connectivity index (χ0n) is 6.02. The second kappa shape index (κ2) is 3.98. The largest absolute Gasteiger partial charge is 0.324 e. The molecule has 0 fully saturated rings. The first-order valence-electron chi connectivity index (χ1n) is 3.49. The van der Waals surface area contributed by atoms with Crippen LogP contribution in [0.4, 0.5) is 4.79 Å². The van der Waals surface area contributed by atoms with Gasteiger partial charge in [-0.2, -0.15) is 0 Å². The lowest BCUT2D eigenvalue weighted by Crippen LogP contribution is -2.27. The number of hydrogen-bond acceptors (Lipinski definition) is 1. The zero-order chi connectivity index (χ0) is 8.27. The molecule has 0 atom stereocenters. The van der Waals surface area contributed by atoms with Crippen molar-refractivity contribution in [2.45, 2.75) is 12.8 Å². The molecular formula is C7H9Cl2NO. The van der Waals surface area contributed by atoms with Gasteiger partial charge in [-0.3, -0.25) is 4.79 Å². The number of halogens is 2. The number of hydrogen-bond donors (Lipinski definition) is 0. The molecule has 0 N–H and O–H groups in total. The molecule has 0 saturated heterocycles. The Morgan fingerprint density at radius 1 is 1.64 bits per heavy atom. The van der Waals surface area contributed by atoms with Gasteiger partial charge in [-0.15, -0.1) is 0 Å². The summed E-state index contributed by atoms with van der Waals surface area (Å²) in [5, 5.41) is 0.287.